The smallest absolute Gasteiger partial charge is 0.335 e. The molecule has 0 atom stereocenters. The van der Waals surface area contributed by atoms with Gasteiger partial charge in [0.05, 0.1) is 5.56 Å². The Labute approximate surface area is 122 Å². The molecule has 0 spiro atoms. The number of carboxylic acids is 1. The van der Waals surface area contributed by atoms with Crippen molar-refractivity contribution in [3.8, 4) is 0 Å². The summed E-state index contributed by atoms with van der Waals surface area (Å²) < 4.78 is 0. The summed E-state index contributed by atoms with van der Waals surface area (Å²) in [6, 6.07) is 8.89. The number of hydrogen-bond acceptors (Lipinski definition) is 5. The van der Waals surface area contributed by atoms with Crippen molar-refractivity contribution in [2.75, 3.05) is 10.6 Å². The fourth-order valence-electron chi connectivity index (χ4n) is 1.95. The van der Waals surface area contributed by atoms with Crippen LogP contribution in [0.4, 0.5) is 17.5 Å². The number of carboxylic acid groups (broad SMARTS) is 1. The summed E-state index contributed by atoms with van der Waals surface area (Å²) in [7, 11) is 0. The number of nitrogens with zero attached hydrogens (tertiary/aromatic N) is 2. The molecule has 3 N–H and O–H groups in total. The van der Waals surface area contributed by atoms with Gasteiger partial charge in [-0.25, -0.2) is 9.78 Å². The first-order valence-corrected chi connectivity index (χ1v) is 6.83. The van der Waals surface area contributed by atoms with Crippen molar-refractivity contribution in [3.05, 3.63) is 41.6 Å². The van der Waals surface area contributed by atoms with Crippen molar-refractivity contribution in [1.82, 2.24) is 9.97 Å². The summed E-state index contributed by atoms with van der Waals surface area (Å²) in [6.45, 7) is 1.92. The van der Waals surface area contributed by atoms with Crippen molar-refractivity contribution >= 4 is 23.4 Å². The first kappa shape index (κ1) is 13.4. The monoisotopic (exact) mass is 284 g/mol. The van der Waals surface area contributed by atoms with E-state index < -0.39 is 5.97 Å². The van der Waals surface area contributed by atoms with E-state index in [1.165, 1.54) is 0 Å². The number of carbonyl (C=O) groups is 1. The Balaban J connectivity index is 1.76. The summed E-state index contributed by atoms with van der Waals surface area (Å²) in [5.41, 5.74) is 1.92. The SMILES string of the molecule is Cc1cc(Nc2ccc(C(=O)O)cc2)nc(NC2CC2)n1. The number of nitrogens with one attached hydrogen (secondary N) is 2. The average Bonchev–Trinajstić information content (AvgIpc) is 3.22. The zero-order valence-electron chi connectivity index (χ0n) is 11.6. The van der Waals surface area contributed by atoms with Crippen molar-refractivity contribution in [2.45, 2.75) is 25.8 Å². The number of benzene rings is 1. The number of hydrogen-bond donors (Lipinski definition) is 3. The summed E-state index contributed by atoms with van der Waals surface area (Å²) in [5, 5.41) is 15.3. The van der Waals surface area contributed by atoms with Crippen LogP contribution in [0.3, 0.4) is 0 Å². The predicted molar refractivity (Wildman–Crippen MR) is 80.1 cm³/mol. The molecule has 108 valence electrons. The van der Waals surface area contributed by atoms with E-state index >= 15 is 0 Å². The zero-order valence-corrected chi connectivity index (χ0v) is 11.6. The molecule has 1 aliphatic rings. The van der Waals surface area contributed by atoms with Gasteiger partial charge in [0.15, 0.2) is 0 Å². The minimum atomic E-state index is -0.935. The van der Waals surface area contributed by atoms with Gasteiger partial charge in [0.2, 0.25) is 5.95 Å². The van der Waals surface area contributed by atoms with Crippen molar-refractivity contribution in [2.24, 2.45) is 0 Å². The van der Waals surface area contributed by atoms with Crippen LogP contribution in [0, 0.1) is 6.92 Å². The van der Waals surface area contributed by atoms with Crippen LogP contribution < -0.4 is 10.6 Å². The second-order valence-corrected chi connectivity index (χ2v) is 5.14. The molecule has 1 aromatic carbocycles. The Kier molecular flexibility index (Phi) is 3.43. The molecular formula is C15H16N4O2. The zero-order chi connectivity index (χ0) is 14.8. The Morgan fingerprint density at radius 1 is 1.24 bits per heavy atom. The summed E-state index contributed by atoms with van der Waals surface area (Å²) in [4.78, 5) is 19.6. The minimum absolute atomic E-state index is 0.260. The quantitative estimate of drug-likeness (QED) is 0.782. The summed E-state index contributed by atoms with van der Waals surface area (Å²) in [6.07, 6.45) is 2.33. The molecule has 0 radical (unpaired) electrons. The first-order chi connectivity index (χ1) is 10.1. The van der Waals surface area contributed by atoms with E-state index in [0.29, 0.717) is 17.8 Å². The van der Waals surface area contributed by atoms with E-state index in [4.69, 9.17) is 5.11 Å². The lowest BCUT2D eigenvalue weighted by Gasteiger charge is -2.09. The Morgan fingerprint density at radius 3 is 2.57 bits per heavy atom. The second-order valence-electron chi connectivity index (χ2n) is 5.14. The standard InChI is InChI=1S/C15H16N4O2/c1-9-8-13(19-15(16-9)18-12-6-7-12)17-11-4-2-10(3-5-11)14(20)21/h2-5,8,12H,6-7H2,1H3,(H,20,21)(H2,16,17,18,19). The van der Waals surface area contributed by atoms with E-state index in [-0.39, 0.29) is 5.56 Å². The van der Waals surface area contributed by atoms with Crippen LogP contribution in [0.1, 0.15) is 28.9 Å². The fraction of sp³-hybridized carbons (Fsp3) is 0.267. The molecule has 0 amide bonds. The van der Waals surface area contributed by atoms with Gasteiger partial charge in [-0.15, -0.1) is 0 Å². The van der Waals surface area contributed by atoms with Crippen LogP contribution in [0.25, 0.3) is 0 Å². The van der Waals surface area contributed by atoms with Gasteiger partial charge in [0, 0.05) is 23.5 Å². The molecule has 0 unspecified atom stereocenters. The maximum absolute atomic E-state index is 10.8. The van der Waals surface area contributed by atoms with Gasteiger partial charge in [0.25, 0.3) is 0 Å². The van der Waals surface area contributed by atoms with E-state index in [1.807, 2.05) is 13.0 Å². The minimum Gasteiger partial charge on any atom is -0.478 e. The lowest BCUT2D eigenvalue weighted by atomic mass is 10.2. The lowest BCUT2D eigenvalue weighted by Crippen LogP contribution is -2.07. The highest BCUT2D eigenvalue weighted by atomic mass is 16.4. The van der Waals surface area contributed by atoms with Gasteiger partial charge in [0.1, 0.15) is 5.82 Å². The van der Waals surface area contributed by atoms with Gasteiger partial charge >= 0.3 is 5.97 Å². The van der Waals surface area contributed by atoms with Gasteiger partial charge < -0.3 is 15.7 Å². The topological polar surface area (TPSA) is 87.1 Å². The molecule has 0 aliphatic heterocycles. The average molecular weight is 284 g/mol. The molecule has 6 heteroatoms. The summed E-state index contributed by atoms with van der Waals surface area (Å²) >= 11 is 0. The van der Waals surface area contributed by atoms with Crippen LogP contribution >= 0.6 is 0 Å². The highest BCUT2D eigenvalue weighted by molar-refractivity contribution is 5.88. The molecule has 1 aromatic heterocycles. The van der Waals surface area contributed by atoms with Crippen molar-refractivity contribution in [1.29, 1.82) is 0 Å². The van der Waals surface area contributed by atoms with E-state index in [9.17, 15) is 4.79 Å². The number of aryl methyl sites for hydroxylation is 1. The summed E-state index contributed by atoms with van der Waals surface area (Å²) in [5.74, 6) is 0.381. The number of aromatic nitrogens is 2. The highest BCUT2D eigenvalue weighted by Gasteiger charge is 2.22. The fourth-order valence-corrected chi connectivity index (χ4v) is 1.95. The van der Waals surface area contributed by atoms with E-state index in [0.717, 1.165) is 24.2 Å². The van der Waals surface area contributed by atoms with Gasteiger partial charge in [-0.05, 0) is 44.0 Å². The molecule has 3 rings (SSSR count). The number of aromatic carboxylic acids is 1. The third-order valence-corrected chi connectivity index (χ3v) is 3.17. The molecule has 1 saturated carbocycles. The Bertz CT molecular complexity index is 666. The molecule has 1 heterocycles. The van der Waals surface area contributed by atoms with Crippen molar-refractivity contribution < 1.29 is 9.90 Å². The van der Waals surface area contributed by atoms with Crippen molar-refractivity contribution in [3.63, 3.8) is 0 Å². The molecule has 1 aliphatic carbocycles. The van der Waals surface area contributed by atoms with Gasteiger partial charge in [-0.3, -0.25) is 0 Å². The van der Waals surface area contributed by atoms with Gasteiger partial charge in [-0.2, -0.15) is 4.98 Å². The lowest BCUT2D eigenvalue weighted by molar-refractivity contribution is 0.0697. The molecule has 2 aromatic rings. The Hall–Kier alpha value is -2.63. The van der Waals surface area contributed by atoms with Crippen LogP contribution in [0.2, 0.25) is 0 Å². The molecular weight excluding hydrogens is 268 g/mol. The number of anilines is 3. The molecule has 21 heavy (non-hydrogen) atoms. The normalized spacial score (nSPS) is 13.8. The third kappa shape index (κ3) is 3.47. The van der Waals surface area contributed by atoms with Crippen LogP contribution in [-0.4, -0.2) is 27.1 Å². The molecule has 6 nitrogen and oxygen atoms in total. The molecule has 1 fully saturated rings. The molecule has 0 bridgehead atoms. The maximum atomic E-state index is 10.8. The van der Waals surface area contributed by atoms with E-state index in [2.05, 4.69) is 20.6 Å². The van der Waals surface area contributed by atoms with Gasteiger partial charge in [-0.1, -0.05) is 0 Å². The first-order valence-electron chi connectivity index (χ1n) is 6.83. The Morgan fingerprint density at radius 2 is 1.95 bits per heavy atom. The third-order valence-electron chi connectivity index (χ3n) is 3.17. The van der Waals surface area contributed by atoms with E-state index in [1.54, 1.807) is 24.3 Å². The highest BCUT2D eigenvalue weighted by Crippen LogP contribution is 2.24. The second kappa shape index (κ2) is 5.40. The molecule has 0 saturated heterocycles. The van der Waals surface area contributed by atoms with Crippen LogP contribution in [-0.2, 0) is 0 Å². The maximum Gasteiger partial charge on any atom is 0.335 e. The van der Waals surface area contributed by atoms with Crippen LogP contribution in [0.15, 0.2) is 30.3 Å². The number of rotatable bonds is 5. The largest absolute Gasteiger partial charge is 0.478 e. The predicted octanol–water partition coefficient (Wildman–Crippen LogP) is 2.80. The van der Waals surface area contributed by atoms with Crippen LogP contribution in [0.5, 0.6) is 0 Å².